The molecule has 9 heteroatoms. The number of ether oxygens (including phenoxy) is 1. The Hall–Kier alpha value is -3.75. The number of allylic oxidation sites excluding steroid dienone is 1. The number of hydrogen-bond acceptors (Lipinski definition) is 6. The molecule has 182 valence electrons. The molecule has 5 rings (SSSR count). The Morgan fingerprint density at radius 1 is 1.17 bits per heavy atom. The first kappa shape index (κ1) is 24.0. The summed E-state index contributed by atoms with van der Waals surface area (Å²) in [5.74, 6) is 0.139. The first-order valence-corrected chi connectivity index (χ1v) is 12.4. The van der Waals surface area contributed by atoms with Crippen LogP contribution < -0.4 is 14.9 Å². The average Bonchev–Trinajstić information content (AvgIpc) is 3.44. The summed E-state index contributed by atoms with van der Waals surface area (Å²) in [4.78, 5) is 31.4. The number of thiazole rings is 1. The second-order valence-electron chi connectivity index (χ2n) is 8.06. The molecule has 0 spiro atoms. The SMILES string of the molecule is CCOC(=O)C1=C(C)N=c2s/c(=C\c3ccc(-c4ccc(Cl)cc4)o3)c(=O)n2[C@H]1c1ccc(F)cc1. The van der Waals surface area contributed by atoms with E-state index in [1.54, 1.807) is 50.3 Å². The van der Waals surface area contributed by atoms with Gasteiger partial charge in [0.15, 0.2) is 4.80 Å². The molecule has 4 aromatic rings. The minimum absolute atomic E-state index is 0.171. The Kier molecular flexibility index (Phi) is 6.47. The highest BCUT2D eigenvalue weighted by Gasteiger charge is 2.33. The van der Waals surface area contributed by atoms with Gasteiger partial charge < -0.3 is 9.15 Å². The predicted molar refractivity (Wildman–Crippen MR) is 136 cm³/mol. The lowest BCUT2D eigenvalue weighted by Gasteiger charge is -2.24. The molecule has 36 heavy (non-hydrogen) atoms. The van der Waals surface area contributed by atoms with E-state index in [-0.39, 0.29) is 17.7 Å². The summed E-state index contributed by atoms with van der Waals surface area (Å²) in [6.07, 6.45) is 1.65. The molecule has 0 unspecified atom stereocenters. The summed E-state index contributed by atoms with van der Waals surface area (Å²) >= 11 is 7.15. The summed E-state index contributed by atoms with van der Waals surface area (Å²) in [6, 6.07) is 15.7. The Morgan fingerprint density at radius 2 is 1.89 bits per heavy atom. The van der Waals surface area contributed by atoms with Gasteiger partial charge in [-0.25, -0.2) is 14.2 Å². The molecular weight excluding hydrogens is 503 g/mol. The predicted octanol–water partition coefficient (Wildman–Crippen LogP) is 4.85. The average molecular weight is 523 g/mol. The van der Waals surface area contributed by atoms with Gasteiger partial charge in [-0.15, -0.1) is 0 Å². The van der Waals surface area contributed by atoms with E-state index in [9.17, 15) is 14.0 Å². The third-order valence-corrected chi connectivity index (χ3v) is 6.97. The second kappa shape index (κ2) is 9.72. The molecule has 0 radical (unpaired) electrons. The van der Waals surface area contributed by atoms with Gasteiger partial charge in [0, 0.05) is 16.7 Å². The molecule has 2 aromatic carbocycles. The second-order valence-corrected chi connectivity index (χ2v) is 9.51. The number of carbonyl (C=O) groups is 1. The van der Waals surface area contributed by atoms with Crippen LogP contribution in [0.15, 0.2) is 86.1 Å². The van der Waals surface area contributed by atoms with E-state index >= 15 is 0 Å². The number of halogens is 2. The maximum atomic E-state index is 13.7. The van der Waals surface area contributed by atoms with Crippen LogP contribution in [0.2, 0.25) is 5.02 Å². The van der Waals surface area contributed by atoms with Crippen molar-refractivity contribution in [3.8, 4) is 11.3 Å². The third kappa shape index (κ3) is 4.45. The minimum atomic E-state index is -0.802. The maximum absolute atomic E-state index is 13.7. The van der Waals surface area contributed by atoms with Crippen LogP contribution in [0.5, 0.6) is 0 Å². The largest absolute Gasteiger partial charge is 0.463 e. The zero-order chi connectivity index (χ0) is 25.4. The van der Waals surface area contributed by atoms with Crippen LogP contribution in [0, 0.1) is 5.82 Å². The van der Waals surface area contributed by atoms with Crippen molar-refractivity contribution in [3.63, 3.8) is 0 Å². The Balaban J connectivity index is 1.63. The molecule has 0 amide bonds. The highest BCUT2D eigenvalue weighted by Crippen LogP contribution is 2.31. The van der Waals surface area contributed by atoms with Crippen LogP contribution in [-0.4, -0.2) is 17.1 Å². The third-order valence-electron chi connectivity index (χ3n) is 5.73. The zero-order valence-electron chi connectivity index (χ0n) is 19.3. The van der Waals surface area contributed by atoms with Crippen molar-refractivity contribution in [3.05, 3.63) is 114 Å². The van der Waals surface area contributed by atoms with E-state index in [1.807, 2.05) is 18.2 Å². The van der Waals surface area contributed by atoms with Gasteiger partial charge in [0.1, 0.15) is 17.3 Å². The van der Waals surface area contributed by atoms with Gasteiger partial charge in [-0.1, -0.05) is 35.1 Å². The molecule has 0 saturated carbocycles. The molecule has 1 atom stereocenters. The molecule has 0 bridgehead atoms. The van der Waals surface area contributed by atoms with Crippen LogP contribution >= 0.6 is 22.9 Å². The monoisotopic (exact) mass is 522 g/mol. The lowest BCUT2D eigenvalue weighted by atomic mass is 9.96. The number of benzene rings is 2. The van der Waals surface area contributed by atoms with Crippen molar-refractivity contribution in [2.45, 2.75) is 19.9 Å². The van der Waals surface area contributed by atoms with Crippen molar-refractivity contribution in [2.24, 2.45) is 4.99 Å². The first-order chi connectivity index (χ1) is 17.4. The lowest BCUT2D eigenvalue weighted by molar-refractivity contribution is -0.139. The molecule has 0 aliphatic carbocycles. The topological polar surface area (TPSA) is 73.8 Å². The number of hydrogen-bond donors (Lipinski definition) is 0. The number of furan rings is 1. The normalized spacial score (nSPS) is 15.6. The van der Waals surface area contributed by atoms with E-state index in [1.165, 1.54) is 28.0 Å². The highest BCUT2D eigenvalue weighted by atomic mass is 35.5. The van der Waals surface area contributed by atoms with Crippen molar-refractivity contribution >= 4 is 35.0 Å². The van der Waals surface area contributed by atoms with Crippen LogP contribution in [0.1, 0.15) is 31.2 Å². The van der Waals surface area contributed by atoms with Gasteiger partial charge in [0.05, 0.1) is 28.5 Å². The smallest absolute Gasteiger partial charge is 0.338 e. The Morgan fingerprint density at radius 3 is 2.58 bits per heavy atom. The number of nitrogens with zero attached hydrogens (tertiary/aromatic N) is 2. The van der Waals surface area contributed by atoms with Gasteiger partial charge in [-0.3, -0.25) is 9.36 Å². The van der Waals surface area contributed by atoms with Crippen LogP contribution in [-0.2, 0) is 9.53 Å². The minimum Gasteiger partial charge on any atom is -0.463 e. The Bertz CT molecular complexity index is 1660. The number of esters is 1. The van der Waals surface area contributed by atoms with Gasteiger partial charge in [0.2, 0.25) is 0 Å². The van der Waals surface area contributed by atoms with Gasteiger partial charge in [0.25, 0.3) is 5.56 Å². The van der Waals surface area contributed by atoms with Gasteiger partial charge in [-0.2, -0.15) is 0 Å². The van der Waals surface area contributed by atoms with E-state index in [4.69, 9.17) is 20.8 Å². The molecule has 0 fully saturated rings. The van der Waals surface area contributed by atoms with Crippen molar-refractivity contribution in [1.82, 2.24) is 4.57 Å². The van der Waals surface area contributed by atoms with Crippen LogP contribution in [0.3, 0.4) is 0 Å². The fourth-order valence-electron chi connectivity index (χ4n) is 4.08. The highest BCUT2D eigenvalue weighted by molar-refractivity contribution is 7.07. The molecule has 3 heterocycles. The standard InChI is InChI=1S/C27H20ClFN2O4S/c1-3-34-26(33)23-15(2)30-27-31(24(23)17-6-10-19(29)11-7-17)25(32)22(36-27)14-20-12-13-21(35-20)16-4-8-18(28)9-5-16/h4-14,24H,3H2,1-2H3/b22-14-/t24-/m0/s1. The first-order valence-electron chi connectivity index (χ1n) is 11.2. The lowest BCUT2D eigenvalue weighted by Crippen LogP contribution is -2.39. The number of rotatable bonds is 5. The fourth-order valence-corrected chi connectivity index (χ4v) is 5.23. The zero-order valence-corrected chi connectivity index (χ0v) is 20.9. The molecule has 0 saturated heterocycles. The van der Waals surface area contributed by atoms with Crippen LogP contribution in [0.4, 0.5) is 4.39 Å². The number of fused-ring (bicyclic) bond motifs is 1. The summed E-state index contributed by atoms with van der Waals surface area (Å²) in [7, 11) is 0. The fraction of sp³-hybridized carbons (Fsp3) is 0.148. The molecular formula is C27H20ClFN2O4S. The summed E-state index contributed by atoms with van der Waals surface area (Å²) in [5, 5.41) is 0.625. The maximum Gasteiger partial charge on any atom is 0.338 e. The summed E-state index contributed by atoms with van der Waals surface area (Å²) in [5.41, 5.74) is 1.77. The summed E-state index contributed by atoms with van der Waals surface area (Å²) in [6.45, 7) is 3.58. The molecule has 2 aromatic heterocycles. The van der Waals surface area contributed by atoms with Crippen molar-refractivity contribution in [2.75, 3.05) is 6.61 Å². The van der Waals surface area contributed by atoms with Gasteiger partial charge >= 0.3 is 5.97 Å². The molecule has 0 N–H and O–H groups in total. The van der Waals surface area contributed by atoms with E-state index in [0.29, 0.717) is 37.1 Å². The quantitative estimate of drug-likeness (QED) is 0.351. The van der Waals surface area contributed by atoms with E-state index < -0.39 is 17.8 Å². The van der Waals surface area contributed by atoms with Crippen molar-refractivity contribution < 1.29 is 18.3 Å². The van der Waals surface area contributed by atoms with Gasteiger partial charge in [-0.05, 0) is 67.9 Å². The van der Waals surface area contributed by atoms with E-state index in [2.05, 4.69) is 4.99 Å². The number of aromatic nitrogens is 1. The van der Waals surface area contributed by atoms with Crippen molar-refractivity contribution in [1.29, 1.82) is 0 Å². The van der Waals surface area contributed by atoms with E-state index in [0.717, 1.165) is 5.56 Å². The summed E-state index contributed by atoms with van der Waals surface area (Å²) < 4.78 is 26.7. The molecule has 1 aliphatic rings. The molecule has 6 nitrogen and oxygen atoms in total. The number of carbonyl (C=O) groups excluding carboxylic acids is 1. The Labute approximate surface area is 214 Å². The molecule has 1 aliphatic heterocycles. The van der Waals surface area contributed by atoms with Crippen LogP contribution in [0.25, 0.3) is 17.4 Å².